The van der Waals surface area contributed by atoms with Crippen LogP contribution < -0.4 is 5.32 Å². The summed E-state index contributed by atoms with van der Waals surface area (Å²) in [6, 6.07) is 12.9. The lowest BCUT2D eigenvalue weighted by Crippen LogP contribution is -2.32. The quantitative estimate of drug-likeness (QED) is 0.805. The maximum Gasteiger partial charge on any atom is 0.0220 e. The fourth-order valence-corrected chi connectivity index (χ4v) is 2.50. The molecule has 0 saturated heterocycles. The molecule has 0 radical (unpaired) electrons. The lowest BCUT2D eigenvalue weighted by molar-refractivity contribution is 0.469. The maximum atomic E-state index is 3.58. The molecule has 2 nitrogen and oxygen atoms in total. The Kier molecular flexibility index (Phi) is 5.02. The number of aromatic nitrogens is 1. The second kappa shape index (κ2) is 6.76. The van der Waals surface area contributed by atoms with Crippen LogP contribution in [0.1, 0.15) is 38.3 Å². The standard InChI is InChI=1S/C18H26N2/c1-4-11-20-12-10-16(14-20)13-19-15-18(2,3)17-8-6-5-7-9-17/h5-10,12,14,19H,4,11,13,15H2,1-3H3. The normalized spacial score (nSPS) is 11.8. The van der Waals surface area contributed by atoms with E-state index >= 15 is 0 Å². The van der Waals surface area contributed by atoms with Crippen molar-refractivity contribution in [2.45, 2.75) is 45.7 Å². The van der Waals surface area contributed by atoms with Crippen LogP contribution in [0.5, 0.6) is 0 Å². The number of aryl methyl sites for hydroxylation is 1. The molecule has 0 saturated carbocycles. The predicted octanol–water partition coefficient (Wildman–Crippen LogP) is 3.97. The van der Waals surface area contributed by atoms with E-state index in [1.54, 1.807) is 0 Å². The van der Waals surface area contributed by atoms with Gasteiger partial charge in [-0.3, -0.25) is 0 Å². The highest BCUT2D eigenvalue weighted by atomic mass is 14.9. The van der Waals surface area contributed by atoms with Crippen molar-refractivity contribution in [1.29, 1.82) is 0 Å². The molecule has 108 valence electrons. The van der Waals surface area contributed by atoms with Crippen LogP contribution in [0.3, 0.4) is 0 Å². The molecule has 1 aromatic carbocycles. The Hall–Kier alpha value is -1.54. The van der Waals surface area contributed by atoms with E-state index in [0.29, 0.717) is 0 Å². The number of hydrogen-bond acceptors (Lipinski definition) is 1. The van der Waals surface area contributed by atoms with Gasteiger partial charge in [0.25, 0.3) is 0 Å². The maximum absolute atomic E-state index is 3.58. The minimum atomic E-state index is 0.160. The van der Waals surface area contributed by atoms with Gasteiger partial charge in [0.2, 0.25) is 0 Å². The highest BCUT2D eigenvalue weighted by Crippen LogP contribution is 2.21. The summed E-state index contributed by atoms with van der Waals surface area (Å²) in [6.45, 7) is 9.81. The molecule has 0 aliphatic rings. The molecule has 1 aromatic heterocycles. The van der Waals surface area contributed by atoms with Crippen molar-refractivity contribution in [1.82, 2.24) is 9.88 Å². The molecule has 1 N–H and O–H groups in total. The van der Waals surface area contributed by atoms with Gasteiger partial charge in [-0.05, 0) is 23.6 Å². The van der Waals surface area contributed by atoms with Crippen LogP contribution in [-0.2, 0) is 18.5 Å². The molecule has 0 fully saturated rings. The topological polar surface area (TPSA) is 17.0 Å². The van der Waals surface area contributed by atoms with Crippen LogP contribution in [0.2, 0.25) is 0 Å². The predicted molar refractivity (Wildman–Crippen MR) is 85.9 cm³/mol. The van der Waals surface area contributed by atoms with Crippen LogP contribution >= 0.6 is 0 Å². The highest BCUT2D eigenvalue weighted by Gasteiger charge is 2.19. The molecule has 2 rings (SSSR count). The van der Waals surface area contributed by atoms with Gasteiger partial charge >= 0.3 is 0 Å². The Morgan fingerprint density at radius 3 is 2.55 bits per heavy atom. The van der Waals surface area contributed by atoms with Gasteiger partial charge in [-0.25, -0.2) is 0 Å². The molecule has 20 heavy (non-hydrogen) atoms. The molecule has 2 aromatic rings. The first kappa shape index (κ1) is 14.9. The van der Waals surface area contributed by atoms with Crippen molar-refractivity contribution < 1.29 is 0 Å². The average Bonchev–Trinajstić information content (AvgIpc) is 2.88. The van der Waals surface area contributed by atoms with Gasteiger partial charge < -0.3 is 9.88 Å². The van der Waals surface area contributed by atoms with E-state index in [1.165, 1.54) is 17.5 Å². The average molecular weight is 270 g/mol. The van der Waals surface area contributed by atoms with E-state index in [1.807, 2.05) is 0 Å². The third kappa shape index (κ3) is 3.97. The summed E-state index contributed by atoms with van der Waals surface area (Å²) in [6.07, 6.45) is 5.59. The lowest BCUT2D eigenvalue weighted by atomic mass is 9.84. The molecule has 0 spiro atoms. The number of rotatable bonds is 7. The van der Waals surface area contributed by atoms with Crippen molar-refractivity contribution in [2.75, 3.05) is 6.54 Å². The number of nitrogens with one attached hydrogen (secondary N) is 1. The second-order valence-corrected chi connectivity index (χ2v) is 6.11. The van der Waals surface area contributed by atoms with Gasteiger partial charge in [-0.15, -0.1) is 0 Å². The minimum Gasteiger partial charge on any atom is -0.354 e. The fraction of sp³-hybridized carbons (Fsp3) is 0.444. The molecule has 1 heterocycles. The first-order valence-corrected chi connectivity index (χ1v) is 7.53. The zero-order valence-corrected chi connectivity index (χ0v) is 12.9. The molecule has 0 unspecified atom stereocenters. The molecule has 0 aliphatic heterocycles. The lowest BCUT2D eigenvalue weighted by Gasteiger charge is -2.25. The Morgan fingerprint density at radius 2 is 1.85 bits per heavy atom. The largest absolute Gasteiger partial charge is 0.354 e. The van der Waals surface area contributed by atoms with Crippen molar-refractivity contribution in [3.63, 3.8) is 0 Å². The van der Waals surface area contributed by atoms with Crippen LogP contribution in [0.15, 0.2) is 48.8 Å². The molecular formula is C18H26N2. The van der Waals surface area contributed by atoms with Crippen LogP contribution in [0, 0.1) is 0 Å². The minimum absolute atomic E-state index is 0.160. The summed E-state index contributed by atoms with van der Waals surface area (Å²) >= 11 is 0. The number of hydrogen-bond donors (Lipinski definition) is 1. The van der Waals surface area contributed by atoms with Crippen molar-refractivity contribution in [3.8, 4) is 0 Å². The van der Waals surface area contributed by atoms with Gasteiger partial charge in [0.05, 0.1) is 0 Å². The molecule has 2 heteroatoms. The molecule has 0 aliphatic carbocycles. The van der Waals surface area contributed by atoms with E-state index < -0.39 is 0 Å². The van der Waals surface area contributed by atoms with E-state index in [4.69, 9.17) is 0 Å². The molecule has 0 bridgehead atoms. The van der Waals surface area contributed by atoms with Gasteiger partial charge in [-0.1, -0.05) is 51.1 Å². The molecule has 0 amide bonds. The Morgan fingerprint density at radius 1 is 1.10 bits per heavy atom. The van der Waals surface area contributed by atoms with Gasteiger partial charge in [-0.2, -0.15) is 0 Å². The van der Waals surface area contributed by atoms with Crippen LogP contribution in [0.4, 0.5) is 0 Å². The fourth-order valence-electron chi connectivity index (χ4n) is 2.50. The summed E-state index contributed by atoms with van der Waals surface area (Å²) < 4.78 is 2.26. The first-order valence-electron chi connectivity index (χ1n) is 7.53. The zero-order chi connectivity index (χ0) is 14.4. The Labute approximate surface area is 122 Å². The van der Waals surface area contributed by atoms with Gasteiger partial charge in [0.1, 0.15) is 0 Å². The SMILES string of the molecule is CCCn1ccc(CNCC(C)(C)c2ccccc2)c1. The summed E-state index contributed by atoms with van der Waals surface area (Å²) in [4.78, 5) is 0. The van der Waals surface area contributed by atoms with Crippen LogP contribution in [-0.4, -0.2) is 11.1 Å². The highest BCUT2D eigenvalue weighted by molar-refractivity contribution is 5.24. The first-order chi connectivity index (χ1) is 9.62. The molecule has 0 atom stereocenters. The van der Waals surface area contributed by atoms with Crippen molar-refractivity contribution in [2.24, 2.45) is 0 Å². The van der Waals surface area contributed by atoms with Gasteiger partial charge in [0, 0.05) is 37.4 Å². The monoisotopic (exact) mass is 270 g/mol. The van der Waals surface area contributed by atoms with E-state index in [2.05, 4.69) is 79.4 Å². The summed E-state index contributed by atoms with van der Waals surface area (Å²) in [5.74, 6) is 0. The third-order valence-electron chi connectivity index (χ3n) is 3.74. The Balaban J connectivity index is 1.85. The third-order valence-corrected chi connectivity index (χ3v) is 3.74. The van der Waals surface area contributed by atoms with E-state index in [9.17, 15) is 0 Å². The second-order valence-electron chi connectivity index (χ2n) is 6.11. The summed E-state index contributed by atoms with van der Waals surface area (Å²) in [7, 11) is 0. The van der Waals surface area contributed by atoms with Gasteiger partial charge in [0.15, 0.2) is 0 Å². The molecular weight excluding hydrogens is 244 g/mol. The number of nitrogens with zero attached hydrogens (tertiary/aromatic N) is 1. The summed E-state index contributed by atoms with van der Waals surface area (Å²) in [5, 5.41) is 3.58. The van der Waals surface area contributed by atoms with Crippen molar-refractivity contribution >= 4 is 0 Å². The van der Waals surface area contributed by atoms with E-state index in [0.717, 1.165) is 19.6 Å². The smallest absolute Gasteiger partial charge is 0.0220 e. The number of benzene rings is 1. The zero-order valence-electron chi connectivity index (χ0n) is 12.9. The van der Waals surface area contributed by atoms with Crippen LogP contribution in [0.25, 0.3) is 0 Å². The van der Waals surface area contributed by atoms with Crippen molar-refractivity contribution in [3.05, 3.63) is 59.9 Å². The van der Waals surface area contributed by atoms with E-state index in [-0.39, 0.29) is 5.41 Å². The Bertz CT molecular complexity index is 511. The summed E-state index contributed by atoms with van der Waals surface area (Å²) in [5.41, 5.74) is 2.91.